The molecule has 0 spiro atoms. The molecule has 0 heterocycles. The molecule has 6 nitrogen and oxygen atoms in total. The van der Waals surface area contributed by atoms with Crippen LogP contribution < -0.4 is 0 Å². The standard InChI is InChI=1S/C64H116O6/c1-4-7-10-13-16-19-22-24-25-26-27-28-29-30-31-32-33-34-35-36-37-38-39-41-42-45-48-51-54-57-63(66)69-60-61(59-68-62(65)56-53-50-47-44-21-18-15-12-9-6-3)70-64(67)58-55-52-49-46-43-40-23-20-17-14-11-8-5-2/h20,22-24,26-27,29-30,61H,4-19,21,25,28,31-60H2,1-3H3/b23-20-,24-22-,27-26-,30-29-. The van der Waals surface area contributed by atoms with Crippen LogP contribution in [-0.4, -0.2) is 37.2 Å². The van der Waals surface area contributed by atoms with Gasteiger partial charge in [-0.2, -0.15) is 0 Å². The second-order valence-corrected chi connectivity index (χ2v) is 20.6. The van der Waals surface area contributed by atoms with Gasteiger partial charge in [-0.1, -0.05) is 268 Å². The molecule has 0 aliphatic rings. The summed E-state index contributed by atoms with van der Waals surface area (Å²) in [7, 11) is 0. The number of carbonyl (C=O) groups is 3. The summed E-state index contributed by atoms with van der Waals surface area (Å²) in [6.07, 6.45) is 72.7. The molecule has 0 saturated heterocycles. The van der Waals surface area contributed by atoms with Gasteiger partial charge < -0.3 is 14.2 Å². The highest BCUT2D eigenvalue weighted by molar-refractivity contribution is 5.71. The minimum Gasteiger partial charge on any atom is -0.462 e. The van der Waals surface area contributed by atoms with Gasteiger partial charge in [0.1, 0.15) is 13.2 Å². The van der Waals surface area contributed by atoms with Gasteiger partial charge >= 0.3 is 17.9 Å². The molecule has 0 aliphatic heterocycles. The molecular formula is C64H116O6. The average Bonchev–Trinajstić information content (AvgIpc) is 3.36. The van der Waals surface area contributed by atoms with E-state index < -0.39 is 6.10 Å². The van der Waals surface area contributed by atoms with Crippen molar-refractivity contribution in [3.8, 4) is 0 Å². The Balaban J connectivity index is 4.12. The van der Waals surface area contributed by atoms with Gasteiger partial charge in [0.15, 0.2) is 6.10 Å². The zero-order valence-electron chi connectivity index (χ0n) is 46.8. The van der Waals surface area contributed by atoms with Crippen LogP contribution in [-0.2, 0) is 28.6 Å². The number of unbranched alkanes of at least 4 members (excludes halogenated alkanes) is 37. The van der Waals surface area contributed by atoms with Gasteiger partial charge in [0.25, 0.3) is 0 Å². The van der Waals surface area contributed by atoms with Crippen molar-refractivity contribution >= 4 is 17.9 Å². The van der Waals surface area contributed by atoms with Crippen LogP contribution in [0.3, 0.4) is 0 Å². The van der Waals surface area contributed by atoms with Gasteiger partial charge in [-0.3, -0.25) is 14.4 Å². The van der Waals surface area contributed by atoms with Gasteiger partial charge in [0, 0.05) is 19.3 Å². The molecule has 0 saturated carbocycles. The van der Waals surface area contributed by atoms with Crippen LogP contribution >= 0.6 is 0 Å². The molecule has 0 rings (SSSR count). The molecule has 0 N–H and O–H groups in total. The zero-order chi connectivity index (χ0) is 50.7. The van der Waals surface area contributed by atoms with Crippen LogP contribution in [0, 0.1) is 0 Å². The summed E-state index contributed by atoms with van der Waals surface area (Å²) in [5.41, 5.74) is 0. The van der Waals surface area contributed by atoms with Crippen molar-refractivity contribution in [1.29, 1.82) is 0 Å². The van der Waals surface area contributed by atoms with E-state index in [4.69, 9.17) is 14.2 Å². The monoisotopic (exact) mass is 981 g/mol. The van der Waals surface area contributed by atoms with Crippen molar-refractivity contribution in [3.05, 3.63) is 48.6 Å². The van der Waals surface area contributed by atoms with Crippen LogP contribution in [0.25, 0.3) is 0 Å². The van der Waals surface area contributed by atoms with Crippen LogP contribution in [0.5, 0.6) is 0 Å². The average molecular weight is 982 g/mol. The number of hydrogen-bond donors (Lipinski definition) is 0. The molecule has 70 heavy (non-hydrogen) atoms. The number of rotatable bonds is 56. The molecule has 408 valence electrons. The summed E-state index contributed by atoms with van der Waals surface area (Å²) >= 11 is 0. The third-order valence-electron chi connectivity index (χ3n) is 13.6. The Bertz CT molecular complexity index is 1220. The van der Waals surface area contributed by atoms with Crippen LogP contribution in [0.2, 0.25) is 0 Å². The normalized spacial score (nSPS) is 12.3. The Morgan fingerprint density at radius 1 is 0.286 bits per heavy atom. The number of ether oxygens (including phenoxy) is 3. The van der Waals surface area contributed by atoms with E-state index in [0.717, 1.165) is 77.0 Å². The Morgan fingerprint density at radius 3 is 0.829 bits per heavy atom. The molecule has 0 aromatic carbocycles. The molecule has 0 aromatic rings. The first-order valence-electron chi connectivity index (χ1n) is 30.6. The maximum atomic E-state index is 12.8. The van der Waals surface area contributed by atoms with E-state index in [1.54, 1.807) is 0 Å². The highest BCUT2D eigenvalue weighted by Crippen LogP contribution is 2.16. The quantitative estimate of drug-likeness (QED) is 0.0261. The van der Waals surface area contributed by atoms with Crippen molar-refractivity contribution in [3.63, 3.8) is 0 Å². The van der Waals surface area contributed by atoms with Gasteiger partial charge in [0.2, 0.25) is 0 Å². The van der Waals surface area contributed by atoms with Crippen molar-refractivity contribution in [2.24, 2.45) is 0 Å². The van der Waals surface area contributed by atoms with Crippen molar-refractivity contribution in [2.75, 3.05) is 13.2 Å². The first-order chi connectivity index (χ1) is 34.5. The smallest absolute Gasteiger partial charge is 0.306 e. The Hall–Kier alpha value is -2.63. The number of allylic oxidation sites excluding steroid dienone is 8. The fourth-order valence-corrected chi connectivity index (χ4v) is 8.92. The predicted molar refractivity (Wildman–Crippen MR) is 302 cm³/mol. The minimum atomic E-state index is -0.773. The third kappa shape index (κ3) is 56.3. The van der Waals surface area contributed by atoms with E-state index >= 15 is 0 Å². The zero-order valence-corrected chi connectivity index (χ0v) is 46.8. The predicted octanol–water partition coefficient (Wildman–Crippen LogP) is 20.6. The molecule has 1 unspecified atom stereocenters. The molecule has 0 fully saturated rings. The minimum absolute atomic E-state index is 0.0729. The summed E-state index contributed by atoms with van der Waals surface area (Å²) in [4.78, 5) is 38.1. The summed E-state index contributed by atoms with van der Waals surface area (Å²) in [5.74, 6) is -0.870. The lowest BCUT2D eigenvalue weighted by Crippen LogP contribution is -2.30. The van der Waals surface area contributed by atoms with Crippen molar-refractivity contribution in [2.45, 2.75) is 329 Å². The summed E-state index contributed by atoms with van der Waals surface area (Å²) in [6, 6.07) is 0. The van der Waals surface area contributed by atoms with E-state index in [0.29, 0.717) is 19.3 Å². The lowest BCUT2D eigenvalue weighted by atomic mass is 10.0. The van der Waals surface area contributed by atoms with Crippen LogP contribution in [0.4, 0.5) is 0 Å². The maximum Gasteiger partial charge on any atom is 0.306 e. The van der Waals surface area contributed by atoms with Crippen molar-refractivity contribution < 1.29 is 28.6 Å². The second-order valence-electron chi connectivity index (χ2n) is 20.6. The van der Waals surface area contributed by atoms with Crippen LogP contribution in [0.15, 0.2) is 48.6 Å². The lowest BCUT2D eigenvalue weighted by molar-refractivity contribution is -0.167. The van der Waals surface area contributed by atoms with E-state index in [2.05, 4.69) is 69.4 Å². The highest BCUT2D eigenvalue weighted by atomic mass is 16.6. The maximum absolute atomic E-state index is 12.8. The highest BCUT2D eigenvalue weighted by Gasteiger charge is 2.19. The lowest BCUT2D eigenvalue weighted by Gasteiger charge is -2.18. The Labute approximate surface area is 435 Å². The fourth-order valence-electron chi connectivity index (χ4n) is 8.92. The van der Waals surface area contributed by atoms with Gasteiger partial charge in [-0.15, -0.1) is 0 Å². The van der Waals surface area contributed by atoms with Gasteiger partial charge in [-0.25, -0.2) is 0 Å². The van der Waals surface area contributed by atoms with Crippen LogP contribution in [0.1, 0.15) is 323 Å². The largest absolute Gasteiger partial charge is 0.462 e. The third-order valence-corrected chi connectivity index (χ3v) is 13.6. The second kappa shape index (κ2) is 58.9. The molecule has 0 amide bonds. The van der Waals surface area contributed by atoms with Gasteiger partial charge in [-0.05, 0) is 83.5 Å². The van der Waals surface area contributed by atoms with E-state index in [1.165, 1.54) is 205 Å². The molecular weight excluding hydrogens is 865 g/mol. The first kappa shape index (κ1) is 67.4. The van der Waals surface area contributed by atoms with Gasteiger partial charge in [0.05, 0.1) is 0 Å². The summed E-state index contributed by atoms with van der Waals surface area (Å²) < 4.78 is 16.8. The SMILES string of the molecule is CCCCCC/C=C\CCCCCCCC(=O)OC(COC(=O)CCCCCCCCCCCC)COC(=O)CCCCCCCCCCCCCCCC/C=C\C/C=C\C/C=C\CCCCCCC. The molecule has 0 aliphatic carbocycles. The van der Waals surface area contributed by atoms with E-state index in [-0.39, 0.29) is 31.1 Å². The number of esters is 3. The van der Waals surface area contributed by atoms with E-state index in [9.17, 15) is 14.4 Å². The topological polar surface area (TPSA) is 78.9 Å². The Morgan fingerprint density at radius 2 is 0.514 bits per heavy atom. The van der Waals surface area contributed by atoms with Crippen molar-refractivity contribution in [1.82, 2.24) is 0 Å². The molecule has 6 heteroatoms. The number of carbonyl (C=O) groups excluding carboxylic acids is 3. The molecule has 1 atom stereocenters. The molecule has 0 aromatic heterocycles. The summed E-state index contributed by atoms with van der Waals surface area (Å²) in [5, 5.41) is 0. The molecule has 0 radical (unpaired) electrons. The first-order valence-corrected chi connectivity index (χ1v) is 30.6. The fraction of sp³-hybridized carbons (Fsp3) is 0.828. The Kier molecular flexibility index (Phi) is 56.7. The summed E-state index contributed by atoms with van der Waals surface area (Å²) in [6.45, 7) is 6.62. The molecule has 0 bridgehead atoms. The number of hydrogen-bond acceptors (Lipinski definition) is 6. The van der Waals surface area contributed by atoms with E-state index in [1.807, 2.05) is 0 Å².